The summed E-state index contributed by atoms with van der Waals surface area (Å²) in [5.41, 5.74) is 6.59. The first-order valence-corrected chi connectivity index (χ1v) is 5.07. The molecule has 0 spiro atoms. The number of halogens is 3. The third kappa shape index (κ3) is 2.88. The number of nitrogens with two attached hydrogens (primary N) is 1. The molecule has 0 aromatic heterocycles. The van der Waals surface area contributed by atoms with Gasteiger partial charge in [-0.1, -0.05) is 12.1 Å². The van der Waals surface area contributed by atoms with E-state index < -0.39 is 6.36 Å². The number of ether oxygens (including phenoxy) is 1. The maximum Gasteiger partial charge on any atom is 0.573 e. The molecule has 88 valence electrons. The van der Waals surface area contributed by atoms with Gasteiger partial charge in [-0.15, -0.1) is 13.2 Å². The lowest BCUT2D eigenvalue weighted by Gasteiger charge is -2.13. The SMILES string of the molecule is NC(c1cccc(OC(F)(F)F)c1)C1CC1. The Hall–Kier alpha value is -1.23. The summed E-state index contributed by atoms with van der Waals surface area (Å²) in [5.74, 6) is 0.197. The maximum absolute atomic E-state index is 12.0. The summed E-state index contributed by atoms with van der Waals surface area (Å²) in [4.78, 5) is 0. The normalized spacial score (nSPS) is 18.2. The van der Waals surface area contributed by atoms with Crippen molar-refractivity contribution in [2.75, 3.05) is 0 Å². The molecular weight excluding hydrogens is 219 g/mol. The summed E-state index contributed by atoms with van der Waals surface area (Å²) in [7, 11) is 0. The second-order valence-corrected chi connectivity index (χ2v) is 3.98. The first-order chi connectivity index (χ1) is 7.46. The molecule has 1 aliphatic rings. The molecule has 1 aromatic carbocycles. The van der Waals surface area contributed by atoms with Crippen LogP contribution in [0.2, 0.25) is 0 Å². The van der Waals surface area contributed by atoms with Gasteiger partial charge in [0.15, 0.2) is 0 Å². The van der Waals surface area contributed by atoms with E-state index in [1.807, 2.05) is 0 Å². The molecular formula is C11H12F3NO. The molecule has 1 fully saturated rings. The van der Waals surface area contributed by atoms with E-state index in [9.17, 15) is 13.2 Å². The fourth-order valence-electron chi connectivity index (χ4n) is 1.65. The van der Waals surface area contributed by atoms with Gasteiger partial charge in [0.2, 0.25) is 0 Å². The fraction of sp³-hybridized carbons (Fsp3) is 0.455. The Morgan fingerprint density at radius 3 is 2.56 bits per heavy atom. The number of alkyl halides is 3. The summed E-state index contributed by atoms with van der Waals surface area (Å²) in [6, 6.07) is 5.70. The zero-order chi connectivity index (χ0) is 11.8. The molecule has 16 heavy (non-hydrogen) atoms. The van der Waals surface area contributed by atoms with Crippen molar-refractivity contribution in [2.45, 2.75) is 25.2 Å². The second kappa shape index (κ2) is 3.97. The maximum atomic E-state index is 12.0. The van der Waals surface area contributed by atoms with E-state index >= 15 is 0 Å². The van der Waals surface area contributed by atoms with Gasteiger partial charge < -0.3 is 10.5 Å². The Morgan fingerprint density at radius 2 is 2.00 bits per heavy atom. The van der Waals surface area contributed by atoms with Crippen LogP contribution in [0.3, 0.4) is 0 Å². The Bertz CT molecular complexity index is 374. The molecule has 0 heterocycles. The minimum atomic E-state index is -4.65. The van der Waals surface area contributed by atoms with Crippen LogP contribution < -0.4 is 10.5 Å². The average molecular weight is 231 g/mol. The molecule has 0 amide bonds. The van der Waals surface area contributed by atoms with E-state index in [4.69, 9.17) is 5.73 Å². The standard InChI is InChI=1S/C11H12F3NO/c12-11(13,14)16-9-3-1-2-8(6-9)10(15)7-4-5-7/h1-3,6-7,10H,4-5,15H2. The van der Waals surface area contributed by atoms with Gasteiger partial charge in [0.05, 0.1) is 0 Å². The van der Waals surface area contributed by atoms with Crippen LogP contribution in [0.5, 0.6) is 5.75 Å². The van der Waals surface area contributed by atoms with Crippen molar-refractivity contribution in [2.24, 2.45) is 11.7 Å². The van der Waals surface area contributed by atoms with Gasteiger partial charge in [-0.2, -0.15) is 0 Å². The predicted octanol–water partition coefficient (Wildman–Crippen LogP) is 3.00. The highest BCUT2D eigenvalue weighted by Crippen LogP contribution is 2.40. The molecule has 0 radical (unpaired) electrons. The van der Waals surface area contributed by atoms with Gasteiger partial charge in [-0.25, -0.2) is 0 Å². The quantitative estimate of drug-likeness (QED) is 0.867. The van der Waals surface area contributed by atoms with Gasteiger partial charge in [0.1, 0.15) is 5.75 Å². The lowest BCUT2D eigenvalue weighted by Crippen LogP contribution is -2.18. The molecule has 1 aliphatic carbocycles. The van der Waals surface area contributed by atoms with Gasteiger partial charge in [-0.3, -0.25) is 0 Å². The van der Waals surface area contributed by atoms with Gasteiger partial charge in [0.25, 0.3) is 0 Å². The van der Waals surface area contributed by atoms with Crippen molar-refractivity contribution >= 4 is 0 Å². The van der Waals surface area contributed by atoms with Crippen LogP contribution in [0.1, 0.15) is 24.4 Å². The number of hydrogen-bond donors (Lipinski definition) is 1. The first kappa shape index (κ1) is 11.3. The smallest absolute Gasteiger partial charge is 0.406 e. The molecule has 0 bridgehead atoms. The summed E-state index contributed by atoms with van der Waals surface area (Å²) in [5, 5.41) is 0. The predicted molar refractivity (Wildman–Crippen MR) is 52.8 cm³/mol. The Labute approximate surface area is 91.2 Å². The number of rotatable bonds is 3. The lowest BCUT2D eigenvalue weighted by molar-refractivity contribution is -0.274. The molecule has 1 unspecified atom stereocenters. The van der Waals surface area contributed by atoms with Gasteiger partial charge >= 0.3 is 6.36 Å². The Morgan fingerprint density at radius 1 is 1.31 bits per heavy atom. The monoisotopic (exact) mass is 231 g/mol. The summed E-state index contributed by atoms with van der Waals surface area (Å²) in [6.07, 6.45) is -2.56. The molecule has 2 nitrogen and oxygen atoms in total. The van der Waals surface area contributed by atoms with Crippen LogP contribution in [-0.2, 0) is 0 Å². The van der Waals surface area contributed by atoms with E-state index in [0.717, 1.165) is 12.8 Å². The number of hydrogen-bond acceptors (Lipinski definition) is 2. The minimum Gasteiger partial charge on any atom is -0.406 e. The molecule has 1 aromatic rings. The molecule has 1 atom stereocenters. The van der Waals surface area contributed by atoms with Crippen LogP contribution in [0, 0.1) is 5.92 Å². The van der Waals surface area contributed by atoms with Crippen molar-refractivity contribution in [1.82, 2.24) is 0 Å². The highest BCUT2D eigenvalue weighted by atomic mass is 19.4. The van der Waals surface area contributed by atoms with Crippen molar-refractivity contribution in [3.05, 3.63) is 29.8 Å². The van der Waals surface area contributed by atoms with Crippen LogP contribution >= 0.6 is 0 Å². The summed E-state index contributed by atoms with van der Waals surface area (Å²) >= 11 is 0. The molecule has 5 heteroatoms. The zero-order valence-electron chi connectivity index (χ0n) is 8.50. The summed E-state index contributed by atoms with van der Waals surface area (Å²) in [6.45, 7) is 0. The van der Waals surface area contributed by atoms with Crippen molar-refractivity contribution < 1.29 is 17.9 Å². The van der Waals surface area contributed by atoms with E-state index in [-0.39, 0.29) is 11.8 Å². The van der Waals surface area contributed by atoms with Gasteiger partial charge in [0, 0.05) is 6.04 Å². The molecule has 2 rings (SSSR count). The van der Waals surface area contributed by atoms with E-state index in [1.165, 1.54) is 18.2 Å². The third-order valence-electron chi connectivity index (χ3n) is 2.61. The Kier molecular flexibility index (Phi) is 2.80. The largest absolute Gasteiger partial charge is 0.573 e. The van der Waals surface area contributed by atoms with E-state index in [2.05, 4.69) is 4.74 Å². The highest BCUT2D eigenvalue weighted by molar-refractivity contribution is 5.31. The van der Waals surface area contributed by atoms with Gasteiger partial charge in [-0.05, 0) is 36.5 Å². The van der Waals surface area contributed by atoms with Crippen molar-refractivity contribution in [3.8, 4) is 5.75 Å². The van der Waals surface area contributed by atoms with Crippen LogP contribution in [0.15, 0.2) is 24.3 Å². The zero-order valence-corrected chi connectivity index (χ0v) is 8.50. The molecule has 1 saturated carbocycles. The third-order valence-corrected chi connectivity index (χ3v) is 2.61. The molecule has 0 aliphatic heterocycles. The summed E-state index contributed by atoms with van der Waals surface area (Å²) < 4.78 is 39.8. The highest BCUT2D eigenvalue weighted by Gasteiger charge is 2.32. The molecule has 2 N–H and O–H groups in total. The lowest BCUT2D eigenvalue weighted by atomic mass is 10.0. The molecule has 0 saturated heterocycles. The van der Waals surface area contributed by atoms with Crippen LogP contribution in [0.25, 0.3) is 0 Å². The van der Waals surface area contributed by atoms with E-state index in [0.29, 0.717) is 11.5 Å². The van der Waals surface area contributed by atoms with Crippen LogP contribution in [-0.4, -0.2) is 6.36 Å². The average Bonchev–Trinajstić information content (AvgIpc) is 2.97. The second-order valence-electron chi connectivity index (χ2n) is 3.98. The number of benzene rings is 1. The minimum absolute atomic E-state index is 0.184. The first-order valence-electron chi connectivity index (χ1n) is 5.07. The Balaban J connectivity index is 2.12. The van der Waals surface area contributed by atoms with Crippen molar-refractivity contribution in [1.29, 1.82) is 0 Å². The van der Waals surface area contributed by atoms with Crippen LogP contribution in [0.4, 0.5) is 13.2 Å². The van der Waals surface area contributed by atoms with E-state index in [1.54, 1.807) is 6.07 Å². The fourth-order valence-corrected chi connectivity index (χ4v) is 1.65. The van der Waals surface area contributed by atoms with Crippen molar-refractivity contribution in [3.63, 3.8) is 0 Å². The topological polar surface area (TPSA) is 35.2 Å².